The molecule has 1 unspecified atom stereocenters. The number of rotatable bonds is 7. The van der Waals surface area contributed by atoms with Crippen molar-refractivity contribution in [2.24, 2.45) is 0 Å². The Hall–Kier alpha value is -2.37. The van der Waals surface area contributed by atoms with Gasteiger partial charge in [-0.15, -0.1) is 0 Å². The highest BCUT2D eigenvalue weighted by atomic mass is 35.5. The number of carbonyl (C=O) groups is 2. The van der Waals surface area contributed by atoms with Gasteiger partial charge in [0, 0.05) is 11.1 Å². The molecule has 25 heavy (non-hydrogen) atoms. The van der Waals surface area contributed by atoms with E-state index in [1.54, 1.807) is 31.4 Å². The van der Waals surface area contributed by atoms with Crippen LogP contribution in [0.1, 0.15) is 22.8 Å². The molecule has 0 aliphatic rings. The van der Waals surface area contributed by atoms with E-state index in [1.807, 2.05) is 25.2 Å². The van der Waals surface area contributed by atoms with E-state index in [0.29, 0.717) is 28.6 Å². The Bertz CT molecular complexity index is 777. The highest BCUT2D eigenvalue weighted by Gasteiger charge is 2.15. The summed E-state index contributed by atoms with van der Waals surface area (Å²) in [4.78, 5) is 24.8. The molecular formula is C19H22ClN2O3+. The third-order valence-electron chi connectivity index (χ3n) is 3.79. The number of anilines is 1. The van der Waals surface area contributed by atoms with Crippen LogP contribution in [0.5, 0.6) is 5.75 Å². The third-order valence-corrected chi connectivity index (χ3v) is 4.12. The van der Waals surface area contributed by atoms with Gasteiger partial charge in [0.15, 0.2) is 12.3 Å². The van der Waals surface area contributed by atoms with Gasteiger partial charge in [0.2, 0.25) is 0 Å². The molecule has 0 aliphatic carbocycles. The van der Waals surface area contributed by atoms with Crippen molar-refractivity contribution < 1.29 is 19.2 Å². The number of ketones is 1. The molecule has 0 spiro atoms. The van der Waals surface area contributed by atoms with Crippen molar-refractivity contribution in [2.75, 3.05) is 26.0 Å². The Morgan fingerprint density at radius 1 is 1.20 bits per heavy atom. The zero-order valence-corrected chi connectivity index (χ0v) is 15.3. The number of quaternary nitrogens is 1. The van der Waals surface area contributed by atoms with Crippen molar-refractivity contribution in [3.05, 3.63) is 58.6 Å². The predicted molar refractivity (Wildman–Crippen MR) is 98.5 cm³/mol. The van der Waals surface area contributed by atoms with E-state index in [2.05, 4.69) is 5.32 Å². The lowest BCUT2D eigenvalue weighted by molar-refractivity contribution is -0.885. The van der Waals surface area contributed by atoms with Crippen molar-refractivity contribution >= 4 is 29.0 Å². The largest absolute Gasteiger partial charge is 0.496 e. The SMILES string of the molecule is COc1ccc(C(C)=O)cc1C[NH+](C)CC(=O)Nc1ccccc1Cl. The summed E-state index contributed by atoms with van der Waals surface area (Å²) < 4.78 is 5.35. The molecule has 0 saturated heterocycles. The minimum absolute atomic E-state index is 0.00183. The van der Waals surface area contributed by atoms with E-state index in [4.69, 9.17) is 16.3 Å². The standard InChI is InChI=1S/C19H21ClN2O3/c1-13(23)14-8-9-18(25-3)15(10-14)11-22(2)12-19(24)21-17-7-5-4-6-16(17)20/h4-10H,11-12H2,1-3H3,(H,21,24)/p+1. The van der Waals surface area contributed by atoms with Crippen LogP contribution in [0.3, 0.4) is 0 Å². The molecule has 2 aromatic rings. The second-order valence-electron chi connectivity index (χ2n) is 5.92. The van der Waals surface area contributed by atoms with Crippen LogP contribution in [-0.4, -0.2) is 32.4 Å². The maximum Gasteiger partial charge on any atom is 0.279 e. The third kappa shape index (κ3) is 5.31. The minimum atomic E-state index is -0.132. The first-order valence-electron chi connectivity index (χ1n) is 7.94. The van der Waals surface area contributed by atoms with E-state index in [1.165, 1.54) is 6.92 Å². The minimum Gasteiger partial charge on any atom is -0.496 e. The van der Waals surface area contributed by atoms with Crippen LogP contribution in [0.4, 0.5) is 5.69 Å². The van der Waals surface area contributed by atoms with Gasteiger partial charge in [-0.25, -0.2) is 0 Å². The topological polar surface area (TPSA) is 59.8 Å². The normalized spacial score (nSPS) is 11.7. The molecule has 0 aliphatic heterocycles. The lowest BCUT2D eigenvalue weighted by Gasteiger charge is -2.16. The molecule has 0 saturated carbocycles. The Morgan fingerprint density at radius 2 is 1.92 bits per heavy atom. The molecule has 2 N–H and O–H groups in total. The number of amides is 1. The average molecular weight is 362 g/mol. The number of halogens is 1. The number of ether oxygens (including phenoxy) is 1. The van der Waals surface area contributed by atoms with Crippen molar-refractivity contribution in [3.63, 3.8) is 0 Å². The maximum absolute atomic E-state index is 12.2. The monoisotopic (exact) mass is 361 g/mol. The fraction of sp³-hybridized carbons (Fsp3) is 0.263. The van der Waals surface area contributed by atoms with Gasteiger partial charge < -0.3 is 15.0 Å². The molecule has 5 nitrogen and oxygen atoms in total. The molecule has 0 fully saturated rings. The van der Waals surface area contributed by atoms with Gasteiger partial charge in [-0.3, -0.25) is 9.59 Å². The summed E-state index contributed by atoms with van der Waals surface area (Å²) in [5.74, 6) is 0.571. The summed E-state index contributed by atoms with van der Waals surface area (Å²) >= 11 is 6.05. The predicted octanol–water partition coefficient (Wildman–Crippen LogP) is 2.20. The van der Waals surface area contributed by atoms with Gasteiger partial charge in [0.25, 0.3) is 5.91 Å². The highest BCUT2D eigenvalue weighted by Crippen LogP contribution is 2.20. The molecule has 0 aromatic heterocycles. The molecule has 6 heteroatoms. The van der Waals surface area contributed by atoms with Crippen LogP contribution < -0.4 is 15.0 Å². The zero-order valence-electron chi connectivity index (χ0n) is 14.6. The smallest absolute Gasteiger partial charge is 0.279 e. The molecule has 0 radical (unpaired) electrons. The van der Waals surface area contributed by atoms with Gasteiger partial charge >= 0.3 is 0 Å². The molecule has 0 bridgehead atoms. The molecule has 132 valence electrons. The summed E-state index contributed by atoms with van der Waals surface area (Å²) in [5, 5.41) is 3.31. The number of Topliss-reactive ketones (excluding diaryl/α,β-unsaturated/α-hetero) is 1. The molecule has 2 aromatic carbocycles. The first kappa shape index (κ1) is 19.0. The number of hydrogen-bond donors (Lipinski definition) is 2. The van der Waals surface area contributed by atoms with Crippen LogP contribution >= 0.6 is 11.6 Å². The lowest BCUT2D eigenvalue weighted by atomic mass is 10.1. The molecule has 2 rings (SSSR count). The van der Waals surface area contributed by atoms with Crippen LogP contribution in [0, 0.1) is 0 Å². The maximum atomic E-state index is 12.2. The highest BCUT2D eigenvalue weighted by molar-refractivity contribution is 6.33. The number of para-hydroxylation sites is 1. The van der Waals surface area contributed by atoms with Crippen LogP contribution in [0.2, 0.25) is 5.02 Å². The Balaban J connectivity index is 2.03. The average Bonchev–Trinajstić information content (AvgIpc) is 2.56. The summed E-state index contributed by atoms with van der Waals surface area (Å²) in [5.41, 5.74) is 2.11. The summed E-state index contributed by atoms with van der Waals surface area (Å²) in [6.07, 6.45) is 0. The number of hydrogen-bond acceptors (Lipinski definition) is 3. The van der Waals surface area contributed by atoms with Crippen molar-refractivity contribution in [3.8, 4) is 5.75 Å². The number of carbonyl (C=O) groups excluding carboxylic acids is 2. The van der Waals surface area contributed by atoms with Crippen LogP contribution in [-0.2, 0) is 11.3 Å². The number of nitrogens with one attached hydrogen (secondary N) is 2. The number of benzene rings is 2. The number of methoxy groups -OCH3 is 1. The zero-order chi connectivity index (χ0) is 18.4. The van der Waals surface area contributed by atoms with Crippen LogP contribution in [0.25, 0.3) is 0 Å². The van der Waals surface area contributed by atoms with E-state index in [9.17, 15) is 9.59 Å². The summed E-state index contributed by atoms with van der Waals surface area (Å²) in [7, 11) is 3.50. The van der Waals surface area contributed by atoms with E-state index in [-0.39, 0.29) is 18.2 Å². The quantitative estimate of drug-likeness (QED) is 0.743. The Morgan fingerprint density at radius 3 is 2.56 bits per heavy atom. The van der Waals surface area contributed by atoms with Crippen molar-refractivity contribution in [2.45, 2.75) is 13.5 Å². The first-order chi connectivity index (χ1) is 11.9. The lowest BCUT2D eigenvalue weighted by Crippen LogP contribution is -3.08. The van der Waals surface area contributed by atoms with Crippen molar-refractivity contribution in [1.29, 1.82) is 0 Å². The molecular weight excluding hydrogens is 340 g/mol. The fourth-order valence-corrected chi connectivity index (χ4v) is 2.74. The van der Waals surface area contributed by atoms with Gasteiger partial charge in [-0.05, 0) is 37.3 Å². The Kier molecular flexibility index (Phi) is 6.56. The molecule has 1 amide bonds. The van der Waals surface area contributed by atoms with Crippen molar-refractivity contribution in [1.82, 2.24) is 0 Å². The first-order valence-corrected chi connectivity index (χ1v) is 8.32. The van der Waals surface area contributed by atoms with E-state index in [0.717, 1.165) is 10.5 Å². The summed E-state index contributed by atoms with van der Waals surface area (Å²) in [6, 6.07) is 12.4. The Labute approximate surface area is 152 Å². The second-order valence-corrected chi connectivity index (χ2v) is 6.33. The summed E-state index contributed by atoms with van der Waals surface area (Å²) in [6.45, 7) is 2.35. The molecule has 0 heterocycles. The van der Waals surface area contributed by atoms with Gasteiger partial charge in [-0.1, -0.05) is 23.7 Å². The fourth-order valence-electron chi connectivity index (χ4n) is 2.55. The molecule has 1 atom stereocenters. The van der Waals surface area contributed by atoms with E-state index >= 15 is 0 Å². The van der Waals surface area contributed by atoms with Gasteiger partial charge in [0.05, 0.1) is 24.9 Å². The number of likely N-dealkylation sites (N-methyl/N-ethyl adjacent to an activating group) is 1. The van der Waals surface area contributed by atoms with E-state index < -0.39 is 0 Å². The van der Waals surface area contributed by atoms with Gasteiger partial charge in [-0.2, -0.15) is 0 Å². The van der Waals surface area contributed by atoms with Crippen LogP contribution in [0.15, 0.2) is 42.5 Å². The van der Waals surface area contributed by atoms with Gasteiger partial charge in [0.1, 0.15) is 12.3 Å². The second kappa shape index (κ2) is 8.65.